The lowest BCUT2D eigenvalue weighted by atomic mass is 10.2. The molecule has 0 aliphatic carbocycles. The van der Waals surface area contributed by atoms with E-state index in [0.717, 1.165) is 0 Å². The fraction of sp³-hybridized carbons (Fsp3) is 0.211. The smallest absolute Gasteiger partial charge is 0.267 e. The van der Waals surface area contributed by atoms with Crippen molar-refractivity contribution in [1.82, 2.24) is 0 Å². The molecule has 0 fully saturated rings. The molecule has 0 unspecified atom stereocenters. The van der Waals surface area contributed by atoms with Crippen molar-refractivity contribution in [3.63, 3.8) is 0 Å². The SMILES string of the molecule is COc1cccc(/C=N\O[C@@H](C)C(=O)Nc2cccc(C#N)c2)c1OC. The number of methoxy groups -OCH3 is 2. The Balaban J connectivity index is 1.99. The first-order chi connectivity index (χ1) is 12.6. The molecule has 0 aliphatic heterocycles. The standard InChI is InChI=1S/C19H19N3O4/c1-13(19(23)22-16-8-4-6-14(10-16)11-20)26-21-12-15-7-5-9-17(24-2)18(15)25-3/h4-10,12-13H,1-3H3,(H,22,23)/b21-12-/t13-/m0/s1. The van der Waals surface area contributed by atoms with Gasteiger partial charge >= 0.3 is 0 Å². The lowest BCUT2D eigenvalue weighted by Crippen LogP contribution is -2.26. The highest BCUT2D eigenvalue weighted by Crippen LogP contribution is 2.29. The third-order valence-corrected chi connectivity index (χ3v) is 3.47. The second-order valence-corrected chi connectivity index (χ2v) is 5.25. The molecule has 0 bridgehead atoms. The van der Waals surface area contributed by atoms with Gasteiger partial charge in [-0.25, -0.2) is 0 Å². The van der Waals surface area contributed by atoms with E-state index in [1.165, 1.54) is 13.3 Å². The number of carbonyl (C=O) groups is 1. The summed E-state index contributed by atoms with van der Waals surface area (Å²) >= 11 is 0. The Morgan fingerprint density at radius 1 is 1.23 bits per heavy atom. The van der Waals surface area contributed by atoms with Crippen molar-refractivity contribution in [1.29, 1.82) is 5.26 Å². The molecular weight excluding hydrogens is 334 g/mol. The van der Waals surface area contributed by atoms with Crippen molar-refractivity contribution in [3.05, 3.63) is 53.6 Å². The summed E-state index contributed by atoms with van der Waals surface area (Å²) in [4.78, 5) is 17.3. The maximum Gasteiger partial charge on any atom is 0.267 e. The Morgan fingerprint density at radius 2 is 2.00 bits per heavy atom. The molecule has 2 rings (SSSR count). The monoisotopic (exact) mass is 353 g/mol. The van der Waals surface area contributed by atoms with E-state index in [2.05, 4.69) is 10.5 Å². The molecule has 2 aromatic carbocycles. The summed E-state index contributed by atoms with van der Waals surface area (Å²) in [6, 6.07) is 14.0. The van der Waals surface area contributed by atoms with Crippen LogP contribution in [0.15, 0.2) is 47.6 Å². The van der Waals surface area contributed by atoms with Crippen molar-refractivity contribution in [3.8, 4) is 17.6 Å². The Morgan fingerprint density at radius 3 is 2.69 bits per heavy atom. The molecule has 26 heavy (non-hydrogen) atoms. The summed E-state index contributed by atoms with van der Waals surface area (Å²) in [6.07, 6.45) is 0.620. The average molecular weight is 353 g/mol. The molecule has 0 spiro atoms. The largest absolute Gasteiger partial charge is 0.493 e. The predicted octanol–water partition coefficient (Wildman–Crippen LogP) is 2.95. The van der Waals surface area contributed by atoms with Gasteiger partial charge < -0.3 is 19.6 Å². The van der Waals surface area contributed by atoms with E-state index >= 15 is 0 Å². The number of carbonyl (C=O) groups excluding carboxylic acids is 1. The first kappa shape index (κ1) is 18.8. The zero-order valence-electron chi connectivity index (χ0n) is 14.7. The number of hydrogen-bond acceptors (Lipinski definition) is 6. The number of benzene rings is 2. The molecule has 1 amide bonds. The third-order valence-electron chi connectivity index (χ3n) is 3.47. The van der Waals surface area contributed by atoms with Crippen LogP contribution in [0.25, 0.3) is 0 Å². The van der Waals surface area contributed by atoms with Crippen molar-refractivity contribution in [2.45, 2.75) is 13.0 Å². The number of nitrogens with zero attached hydrogens (tertiary/aromatic N) is 2. The van der Waals surface area contributed by atoms with Gasteiger partial charge in [-0.3, -0.25) is 4.79 Å². The number of anilines is 1. The zero-order chi connectivity index (χ0) is 18.9. The van der Waals surface area contributed by atoms with Gasteiger partial charge in [0.1, 0.15) is 0 Å². The Kier molecular flexibility index (Phi) is 6.57. The minimum Gasteiger partial charge on any atom is -0.493 e. The number of rotatable bonds is 7. The van der Waals surface area contributed by atoms with Crippen molar-refractivity contribution >= 4 is 17.8 Å². The van der Waals surface area contributed by atoms with E-state index in [4.69, 9.17) is 19.6 Å². The van der Waals surface area contributed by atoms with E-state index in [1.54, 1.807) is 56.5 Å². The zero-order valence-corrected chi connectivity index (χ0v) is 14.7. The van der Waals surface area contributed by atoms with Crippen LogP contribution >= 0.6 is 0 Å². The van der Waals surface area contributed by atoms with Gasteiger partial charge in [0.15, 0.2) is 11.5 Å². The molecule has 134 valence electrons. The Hall–Kier alpha value is -3.53. The van der Waals surface area contributed by atoms with Gasteiger partial charge in [0.05, 0.1) is 32.1 Å². The number of ether oxygens (including phenoxy) is 2. The minimum absolute atomic E-state index is 0.380. The number of amides is 1. The highest BCUT2D eigenvalue weighted by Gasteiger charge is 2.14. The lowest BCUT2D eigenvalue weighted by molar-refractivity contribution is -0.126. The Labute approximate surface area is 151 Å². The van der Waals surface area contributed by atoms with Crippen LogP contribution < -0.4 is 14.8 Å². The van der Waals surface area contributed by atoms with Crippen molar-refractivity contribution in [2.24, 2.45) is 5.16 Å². The van der Waals surface area contributed by atoms with E-state index in [1.807, 2.05) is 6.07 Å². The molecule has 1 N–H and O–H groups in total. The van der Waals surface area contributed by atoms with Gasteiger partial charge in [0.25, 0.3) is 5.91 Å². The summed E-state index contributed by atoms with van der Waals surface area (Å²) in [6.45, 7) is 1.57. The molecule has 0 aromatic heterocycles. The molecule has 0 saturated heterocycles. The van der Waals surface area contributed by atoms with Crippen LogP contribution in [0.1, 0.15) is 18.1 Å². The van der Waals surface area contributed by atoms with Gasteiger partial charge in [-0.2, -0.15) is 5.26 Å². The maximum atomic E-state index is 12.1. The van der Waals surface area contributed by atoms with Crippen LogP contribution in [0.2, 0.25) is 0 Å². The summed E-state index contributed by atoms with van der Waals surface area (Å²) < 4.78 is 10.5. The number of hydrogen-bond donors (Lipinski definition) is 1. The van der Waals surface area contributed by atoms with Gasteiger partial charge in [0.2, 0.25) is 6.10 Å². The molecule has 7 nitrogen and oxygen atoms in total. The van der Waals surface area contributed by atoms with Crippen LogP contribution in [0.3, 0.4) is 0 Å². The van der Waals surface area contributed by atoms with E-state index in [9.17, 15) is 4.79 Å². The second-order valence-electron chi connectivity index (χ2n) is 5.25. The van der Waals surface area contributed by atoms with Crippen LogP contribution in [0.5, 0.6) is 11.5 Å². The van der Waals surface area contributed by atoms with Gasteiger partial charge in [-0.15, -0.1) is 0 Å². The molecule has 7 heteroatoms. The summed E-state index contributed by atoms with van der Waals surface area (Å²) in [5.41, 5.74) is 1.63. The third kappa shape index (κ3) is 4.74. The van der Waals surface area contributed by atoms with Crippen LogP contribution in [-0.4, -0.2) is 32.4 Å². The molecular formula is C19H19N3O4. The van der Waals surface area contributed by atoms with Gasteiger partial charge in [-0.1, -0.05) is 17.3 Å². The lowest BCUT2D eigenvalue weighted by Gasteiger charge is -2.11. The Bertz CT molecular complexity index is 843. The van der Waals surface area contributed by atoms with Crippen molar-refractivity contribution in [2.75, 3.05) is 19.5 Å². The number of nitrogens with one attached hydrogen (secondary N) is 1. The van der Waals surface area contributed by atoms with E-state index in [0.29, 0.717) is 28.3 Å². The summed E-state index contributed by atoms with van der Waals surface area (Å²) in [5.74, 6) is 0.710. The highest BCUT2D eigenvalue weighted by molar-refractivity contribution is 5.94. The summed E-state index contributed by atoms with van der Waals surface area (Å²) in [5, 5.41) is 15.4. The van der Waals surface area contributed by atoms with Crippen LogP contribution in [0.4, 0.5) is 5.69 Å². The second kappa shape index (κ2) is 9.08. The highest BCUT2D eigenvalue weighted by atomic mass is 16.6. The number of nitriles is 1. The minimum atomic E-state index is -0.825. The molecule has 0 radical (unpaired) electrons. The van der Waals surface area contributed by atoms with Gasteiger partial charge in [-0.05, 0) is 37.3 Å². The molecule has 2 aromatic rings. The first-order valence-corrected chi connectivity index (χ1v) is 7.80. The molecule has 0 aliphatic rings. The fourth-order valence-corrected chi connectivity index (χ4v) is 2.15. The van der Waals surface area contributed by atoms with E-state index in [-0.39, 0.29) is 5.91 Å². The van der Waals surface area contributed by atoms with Crippen LogP contribution in [0, 0.1) is 11.3 Å². The maximum absolute atomic E-state index is 12.1. The van der Waals surface area contributed by atoms with Crippen LogP contribution in [-0.2, 0) is 9.63 Å². The topological polar surface area (TPSA) is 92.9 Å². The quantitative estimate of drug-likeness (QED) is 0.610. The number of oxime groups is 1. The average Bonchev–Trinajstić information content (AvgIpc) is 2.67. The predicted molar refractivity (Wildman–Crippen MR) is 97.5 cm³/mol. The number of para-hydroxylation sites is 1. The normalized spacial score (nSPS) is 11.5. The molecule has 1 atom stereocenters. The van der Waals surface area contributed by atoms with Crippen molar-refractivity contribution < 1.29 is 19.1 Å². The summed E-state index contributed by atoms with van der Waals surface area (Å²) in [7, 11) is 3.07. The molecule has 0 heterocycles. The molecule has 0 saturated carbocycles. The van der Waals surface area contributed by atoms with E-state index < -0.39 is 6.10 Å². The first-order valence-electron chi connectivity index (χ1n) is 7.80. The van der Waals surface area contributed by atoms with Gasteiger partial charge in [0, 0.05) is 11.3 Å². The fourth-order valence-electron chi connectivity index (χ4n) is 2.15.